The number of nitrogens with zero attached hydrogens (tertiary/aromatic N) is 2. The number of aryl methyl sites for hydroxylation is 1. The van der Waals surface area contributed by atoms with Gasteiger partial charge in [-0.3, -0.25) is 4.68 Å². The average molecular weight is 315 g/mol. The molecule has 0 spiro atoms. The first-order chi connectivity index (χ1) is 7.85. The van der Waals surface area contributed by atoms with Gasteiger partial charge in [0.05, 0.1) is 30.2 Å². The maximum Gasteiger partial charge on any atom is 0.390 e. The van der Waals surface area contributed by atoms with Crippen LogP contribution in [0.3, 0.4) is 0 Å². The van der Waals surface area contributed by atoms with Gasteiger partial charge >= 0.3 is 12.1 Å². The summed E-state index contributed by atoms with van der Waals surface area (Å²) in [5.74, 6) is -0.695. The summed E-state index contributed by atoms with van der Waals surface area (Å²) in [7, 11) is 0. The van der Waals surface area contributed by atoms with E-state index in [1.165, 1.54) is 6.20 Å². The molecule has 1 aromatic heterocycles. The second kappa shape index (κ2) is 5.52. The molecular formula is C9H10BrF3N2O2. The van der Waals surface area contributed by atoms with Crippen LogP contribution < -0.4 is 0 Å². The molecule has 1 aromatic rings. The Labute approximate surface area is 104 Å². The van der Waals surface area contributed by atoms with Crippen LogP contribution in [0.25, 0.3) is 0 Å². The largest absolute Gasteiger partial charge is 0.461 e. The molecule has 96 valence electrons. The highest BCUT2D eigenvalue weighted by molar-refractivity contribution is 9.10. The number of carbonyl (C=O) groups is 1. The summed E-state index contributed by atoms with van der Waals surface area (Å²) >= 11 is 3.04. The Kier molecular flexibility index (Phi) is 4.55. The molecule has 17 heavy (non-hydrogen) atoms. The van der Waals surface area contributed by atoms with Crippen LogP contribution in [0.15, 0.2) is 10.7 Å². The van der Waals surface area contributed by atoms with E-state index in [1.54, 1.807) is 6.92 Å². The highest BCUT2D eigenvalue weighted by atomic mass is 79.9. The molecule has 0 aliphatic heterocycles. The van der Waals surface area contributed by atoms with Crippen molar-refractivity contribution >= 4 is 21.9 Å². The number of rotatable bonds is 4. The molecule has 0 unspecified atom stereocenters. The zero-order valence-corrected chi connectivity index (χ0v) is 10.5. The first-order valence-corrected chi connectivity index (χ1v) is 5.59. The van der Waals surface area contributed by atoms with E-state index in [-0.39, 0.29) is 12.3 Å². The highest BCUT2D eigenvalue weighted by Crippen LogP contribution is 2.23. The molecule has 0 radical (unpaired) electrons. The lowest BCUT2D eigenvalue weighted by Crippen LogP contribution is -2.18. The first-order valence-electron chi connectivity index (χ1n) is 4.80. The summed E-state index contributed by atoms with van der Waals surface area (Å²) in [5.41, 5.74) is -0.00361. The van der Waals surface area contributed by atoms with Gasteiger partial charge in [0.25, 0.3) is 0 Å². The summed E-state index contributed by atoms with van der Waals surface area (Å²) in [6, 6.07) is 0. The SMILES string of the molecule is CCOC(=O)c1c(Br)cnn1CCC(F)(F)F. The van der Waals surface area contributed by atoms with Crippen molar-refractivity contribution in [2.24, 2.45) is 0 Å². The van der Waals surface area contributed by atoms with Crippen LogP contribution in [0, 0.1) is 0 Å². The summed E-state index contributed by atoms with van der Waals surface area (Å²) < 4.78 is 42.2. The number of aromatic nitrogens is 2. The van der Waals surface area contributed by atoms with Gasteiger partial charge in [0, 0.05) is 0 Å². The van der Waals surface area contributed by atoms with Crippen molar-refractivity contribution in [2.45, 2.75) is 26.1 Å². The second-order valence-corrected chi connectivity index (χ2v) is 4.00. The van der Waals surface area contributed by atoms with Crippen molar-refractivity contribution in [3.8, 4) is 0 Å². The van der Waals surface area contributed by atoms with Crippen LogP contribution in [0.4, 0.5) is 13.2 Å². The number of hydrogen-bond donors (Lipinski definition) is 0. The summed E-state index contributed by atoms with van der Waals surface area (Å²) in [5, 5.41) is 3.69. The lowest BCUT2D eigenvalue weighted by molar-refractivity contribution is -0.137. The Morgan fingerprint density at radius 2 is 2.24 bits per heavy atom. The smallest absolute Gasteiger partial charge is 0.390 e. The Morgan fingerprint density at radius 3 is 2.76 bits per heavy atom. The fourth-order valence-electron chi connectivity index (χ4n) is 1.17. The molecule has 0 saturated carbocycles. The Hall–Kier alpha value is -1.05. The molecular weight excluding hydrogens is 305 g/mol. The fourth-order valence-corrected chi connectivity index (χ4v) is 1.63. The van der Waals surface area contributed by atoms with Gasteiger partial charge in [0.1, 0.15) is 0 Å². The van der Waals surface area contributed by atoms with Gasteiger partial charge in [0.15, 0.2) is 5.69 Å². The van der Waals surface area contributed by atoms with E-state index in [2.05, 4.69) is 21.0 Å². The van der Waals surface area contributed by atoms with Gasteiger partial charge < -0.3 is 4.74 Å². The van der Waals surface area contributed by atoms with E-state index in [4.69, 9.17) is 4.74 Å². The quantitative estimate of drug-likeness (QED) is 0.803. The zero-order valence-electron chi connectivity index (χ0n) is 8.92. The third kappa shape index (κ3) is 4.03. The van der Waals surface area contributed by atoms with E-state index in [0.29, 0.717) is 4.47 Å². The van der Waals surface area contributed by atoms with Crippen LogP contribution in [-0.2, 0) is 11.3 Å². The van der Waals surface area contributed by atoms with Crippen LogP contribution in [-0.4, -0.2) is 28.5 Å². The molecule has 0 atom stereocenters. The van der Waals surface area contributed by atoms with Gasteiger partial charge in [-0.1, -0.05) is 0 Å². The van der Waals surface area contributed by atoms with Crippen molar-refractivity contribution < 1.29 is 22.7 Å². The molecule has 8 heteroatoms. The third-order valence-corrected chi connectivity index (χ3v) is 2.45. The minimum atomic E-state index is -4.29. The Balaban J connectivity index is 2.83. The Morgan fingerprint density at radius 1 is 1.59 bits per heavy atom. The average Bonchev–Trinajstić information content (AvgIpc) is 2.56. The van der Waals surface area contributed by atoms with Crippen LogP contribution in [0.5, 0.6) is 0 Å². The minimum Gasteiger partial charge on any atom is -0.461 e. The van der Waals surface area contributed by atoms with E-state index < -0.39 is 25.1 Å². The number of hydrogen-bond acceptors (Lipinski definition) is 3. The van der Waals surface area contributed by atoms with Crippen molar-refractivity contribution in [1.82, 2.24) is 9.78 Å². The van der Waals surface area contributed by atoms with E-state index >= 15 is 0 Å². The predicted octanol–water partition coefficient (Wildman–Crippen LogP) is 2.77. The van der Waals surface area contributed by atoms with Crippen molar-refractivity contribution in [1.29, 1.82) is 0 Å². The van der Waals surface area contributed by atoms with Gasteiger partial charge in [0.2, 0.25) is 0 Å². The maximum atomic E-state index is 12.1. The minimum absolute atomic E-state index is 0.00361. The third-order valence-electron chi connectivity index (χ3n) is 1.87. The standard InChI is InChI=1S/C9H10BrF3N2O2/c1-2-17-8(16)7-6(10)5-14-15(7)4-3-9(11,12)13/h5H,2-4H2,1H3. The van der Waals surface area contributed by atoms with Gasteiger partial charge in [-0.2, -0.15) is 18.3 Å². The van der Waals surface area contributed by atoms with Gasteiger partial charge in [-0.05, 0) is 22.9 Å². The summed E-state index contributed by atoms with van der Waals surface area (Å²) in [6.07, 6.45) is -4.07. The number of esters is 1. The van der Waals surface area contributed by atoms with E-state index in [0.717, 1.165) is 4.68 Å². The van der Waals surface area contributed by atoms with Crippen molar-refractivity contribution in [3.05, 3.63) is 16.4 Å². The topological polar surface area (TPSA) is 44.1 Å². The van der Waals surface area contributed by atoms with Gasteiger partial charge in [-0.15, -0.1) is 0 Å². The van der Waals surface area contributed by atoms with E-state index in [1.807, 2.05) is 0 Å². The van der Waals surface area contributed by atoms with Gasteiger partial charge in [-0.25, -0.2) is 4.79 Å². The fraction of sp³-hybridized carbons (Fsp3) is 0.556. The van der Waals surface area contributed by atoms with Crippen LogP contribution in [0.1, 0.15) is 23.8 Å². The normalized spacial score (nSPS) is 11.6. The number of halogens is 4. The molecule has 0 N–H and O–H groups in total. The molecule has 0 aromatic carbocycles. The molecule has 0 aliphatic rings. The molecule has 4 nitrogen and oxygen atoms in total. The zero-order chi connectivity index (χ0) is 13.1. The summed E-state index contributed by atoms with van der Waals surface area (Å²) in [6.45, 7) is 1.35. The second-order valence-electron chi connectivity index (χ2n) is 3.15. The number of alkyl halides is 3. The highest BCUT2D eigenvalue weighted by Gasteiger charge is 2.28. The molecule has 0 aliphatic carbocycles. The molecule has 1 heterocycles. The molecule has 0 bridgehead atoms. The monoisotopic (exact) mass is 314 g/mol. The lowest BCUT2D eigenvalue weighted by atomic mass is 10.4. The lowest BCUT2D eigenvalue weighted by Gasteiger charge is -2.09. The van der Waals surface area contributed by atoms with Crippen LogP contribution in [0.2, 0.25) is 0 Å². The van der Waals surface area contributed by atoms with Crippen molar-refractivity contribution in [2.75, 3.05) is 6.61 Å². The first kappa shape index (κ1) is 14.0. The van der Waals surface area contributed by atoms with E-state index in [9.17, 15) is 18.0 Å². The molecule has 0 amide bonds. The van der Waals surface area contributed by atoms with Crippen LogP contribution >= 0.6 is 15.9 Å². The maximum absolute atomic E-state index is 12.1. The number of carbonyl (C=O) groups excluding carboxylic acids is 1. The van der Waals surface area contributed by atoms with Crippen molar-refractivity contribution in [3.63, 3.8) is 0 Å². The number of ether oxygens (including phenoxy) is 1. The molecule has 1 rings (SSSR count). The predicted molar refractivity (Wildman–Crippen MR) is 56.6 cm³/mol. The molecule has 0 saturated heterocycles. The Bertz CT molecular complexity index is 403. The molecule has 0 fully saturated rings. The summed E-state index contributed by atoms with van der Waals surface area (Å²) in [4.78, 5) is 11.5.